The first-order valence-corrected chi connectivity index (χ1v) is 5.08. The van der Waals surface area contributed by atoms with Crippen molar-refractivity contribution in [1.29, 1.82) is 0 Å². The summed E-state index contributed by atoms with van der Waals surface area (Å²) in [5.74, 6) is -0.247. The van der Waals surface area contributed by atoms with Gasteiger partial charge in [0.1, 0.15) is 5.60 Å². The van der Waals surface area contributed by atoms with Gasteiger partial charge in [0.2, 0.25) is 5.91 Å². The highest BCUT2D eigenvalue weighted by molar-refractivity contribution is 5.92. The number of nitrogens with zero attached hydrogens (tertiary/aromatic N) is 1. The van der Waals surface area contributed by atoms with E-state index < -0.39 is 11.7 Å². The van der Waals surface area contributed by atoms with Crippen LogP contribution >= 0.6 is 0 Å². The van der Waals surface area contributed by atoms with Crippen LogP contribution in [0.15, 0.2) is 0 Å². The van der Waals surface area contributed by atoms with E-state index in [1.54, 1.807) is 20.8 Å². The van der Waals surface area contributed by atoms with E-state index in [4.69, 9.17) is 10.5 Å². The van der Waals surface area contributed by atoms with Gasteiger partial charge in [-0.25, -0.2) is 9.69 Å². The van der Waals surface area contributed by atoms with Crippen LogP contribution in [-0.2, 0) is 9.53 Å². The van der Waals surface area contributed by atoms with Gasteiger partial charge in [0.15, 0.2) is 0 Å². The van der Waals surface area contributed by atoms with E-state index in [1.807, 2.05) is 0 Å². The molecule has 15 heavy (non-hydrogen) atoms. The molecule has 5 heteroatoms. The zero-order valence-corrected chi connectivity index (χ0v) is 9.45. The molecule has 1 fully saturated rings. The molecule has 2 N–H and O–H groups in total. The van der Waals surface area contributed by atoms with Gasteiger partial charge < -0.3 is 10.5 Å². The van der Waals surface area contributed by atoms with Crippen molar-refractivity contribution >= 4 is 12.0 Å². The lowest BCUT2D eigenvalue weighted by Crippen LogP contribution is -2.48. The van der Waals surface area contributed by atoms with Crippen LogP contribution in [0.3, 0.4) is 0 Å². The lowest BCUT2D eigenvalue weighted by atomic mass is 10.1. The molecule has 2 amide bonds. The molecule has 1 rings (SSSR count). The summed E-state index contributed by atoms with van der Waals surface area (Å²) in [6, 6.07) is -0.129. The Hall–Kier alpha value is -1.10. The molecule has 0 bridgehead atoms. The number of piperidine rings is 1. The minimum atomic E-state index is -0.572. The number of ether oxygens (including phenoxy) is 1. The zero-order chi connectivity index (χ0) is 11.6. The minimum absolute atomic E-state index is 0.129. The summed E-state index contributed by atoms with van der Waals surface area (Å²) >= 11 is 0. The molecule has 1 aliphatic rings. The summed E-state index contributed by atoms with van der Waals surface area (Å²) in [5.41, 5.74) is 5.04. The number of hydrogen-bond donors (Lipinski definition) is 1. The second kappa shape index (κ2) is 4.18. The van der Waals surface area contributed by atoms with Crippen LogP contribution in [0.4, 0.5) is 4.79 Å². The first-order valence-electron chi connectivity index (χ1n) is 5.08. The first-order chi connectivity index (χ1) is 6.79. The molecule has 5 nitrogen and oxygen atoms in total. The maximum absolute atomic E-state index is 11.6. The van der Waals surface area contributed by atoms with Gasteiger partial charge in [-0.05, 0) is 27.2 Å². The molecule has 1 heterocycles. The van der Waals surface area contributed by atoms with E-state index in [-0.39, 0.29) is 18.4 Å². The van der Waals surface area contributed by atoms with E-state index in [2.05, 4.69) is 0 Å². The Morgan fingerprint density at radius 1 is 1.53 bits per heavy atom. The SMILES string of the molecule is CC(C)(C)OC(=O)N1CCC(N)CC1=O. The van der Waals surface area contributed by atoms with Gasteiger partial charge in [0.05, 0.1) is 0 Å². The Kier molecular flexibility index (Phi) is 3.34. The fraction of sp³-hybridized carbons (Fsp3) is 0.800. The molecular weight excluding hydrogens is 196 g/mol. The van der Waals surface area contributed by atoms with E-state index in [9.17, 15) is 9.59 Å². The Morgan fingerprint density at radius 2 is 2.13 bits per heavy atom. The van der Waals surface area contributed by atoms with Gasteiger partial charge in [0.25, 0.3) is 0 Å². The average molecular weight is 214 g/mol. The Bertz CT molecular complexity index is 270. The number of imide groups is 1. The third-order valence-corrected chi connectivity index (χ3v) is 2.08. The summed E-state index contributed by atoms with van der Waals surface area (Å²) in [4.78, 5) is 24.2. The molecule has 86 valence electrons. The number of carbonyl (C=O) groups is 2. The summed E-state index contributed by atoms with van der Waals surface area (Å²) in [7, 11) is 0. The molecule has 1 saturated heterocycles. The predicted octanol–water partition coefficient (Wildman–Crippen LogP) is 0.871. The third-order valence-electron chi connectivity index (χ3n) is 2.08. The first kappa shape index (κ1) is 12.0. The van der Waals surface area contributed by atoms with Gasteiger partial charge in [0, 0.05) is 19.0 Å². The monoisotopic (exact) mass is 214 g/mol. The molecule has 0 aromatic rings. The Morgan fingerprint density at radius 3 is 2.60 bits per heavy atom. The van der Waals surface area contributed by atoms with Crippen LogP contribution in [0.5, 0.6) is 0 Å². The molecule has 0 aromatic heterocycles. The second-order valence-electron chi connectivity index (χ2n) is 4.78. The van der Waals surface area contributed by atoms with Gasteiger partial charge in [-0.3, -0.25) is 4.79 Å². The minimum Gasteiger partial charge on any atom is -0.443 e. The van der Waals surface area contributed by atoms with Crippen molar-refractivity contribution in [3.63, 3.8) is 0 Å². The lowest BCUT2D eigenvalue weighted by molar-refractivity contribution is -0.132. The van der Waals surface area contributed by atoms with Crippen LogP contribution in [-0.4, -0.2) is 35.1 Å². The van der Waals surface area contributed by atoms with Gasteiger partial charge in [-0.2, -0.15) is 0 Å². The normalized spacial score (nSPS) is 22.8. The van der Waals surface area contributed by atoms with Crippen LogP contribution in [0.25, 0.3) is 0 Å². The quantitative estimate of drug-likeness (QED) is 0.649. The summed E-state index contributed by atoms with van der Waals surface area (Å²) in [6.45, 7) is 5.66. The van der Waals surface area contributed by atoms with E-state index in [0.29, 0.717) is 13.0 Å². The highest BCUT2D eigenvalue weighted by Gasteiger charge is 2.31. The Balaban J connectivity index is 2.57. The highest BCUT2D eigenvalue weighted by atomic mass is 16.6. The summed E-state index contributed by atoms with van der Waals surface area (Å²) in [5, 5.41) is 0. The largest absolute Gasteiger partial charge is 0.443 e. The van der Waals surface area contributed by atoms with Crippen molar-refractivity contribution in [3.05, 3.63) is 0 Å². The maximum Gasteiger partial charge on any atom is 0.417 e. The lowest BCUT2D eigenvalue weighted by Gasteiger charge is -2.30. The van der Waals surface area contributed by atoms with Crippen LogP contribution in [0.1, 0.15) is 33.6 Å². The van der Waals surface area contributed by atoms with Crippen molar-refractivity contribution in [2.45, 2.75) is 45.3 Å². The number of rotatable bonds is 0. The van der Waals surface area contributed by atoms with Crippen LogP contribution in [0.2, 0.25) is 0 Å². The zero-order valence-electron chi connectivity index (χ0n) is 9.45. The van der Waals surface area contributed by atoms with Crippen molar-refractivity contribution in [2.75, 3.05) is 6.54 Å². The van der Waals surface area contributed by atoms with Gasteiger partial charge in [-0.15, -0.1) is 0 Å². The van der Waals surface area contributed by atoms with Crippen LogP contribution < -0.4 is 5.73 Å². The van der Waals surface area contributed by atoms with Crippen molar-refractivity contribution in [1.82, 2.24) is 4.90 Å². The molecule has 0 saturated carbocycles. The second-order valence-corrected chi connectivity index (χ2v) is 4.78. The van der Waals surface area contributed by atoms with E-state index >= 15 is 0 Å². The summed E-state index contributed by atoms with van der Waals surface area (Å²) in [6.07, 6.45) is 0.295. The van der Waals surface area contributed by atoms with Crippen molar-refractivity contribution in [3.8, 4) is 0 Å². The number of likely N-dealkylation sites (tertiary alicyclic amines) is 1. The molecule has 1 unspecified atom stereocenters. The molecular formula is C10H18N2O3. The third kappa shape index (κ3) is 3.51. The fourth-order valence-corrected chi connectivity index (χ4v) is 1.37. The number of nitrogens with two attached hydrogens (primary N) is 1. The van der Waals surface area contributed by atoms with E-state index in [0.717, 1.165) is 4.90 Å². The molecule has 0 aliphatic carbocycles. The average Bonchev–Trinajstić information content (AvgIpc) is 1.99. The van der Waals surface area contributed by atoms with Crippen molar-refractivity contribution < 1.29 is 14.3 Å². The number of amides is 2. The maximum atomic E-state index is 11.6. The number of carbonyl (C=O) groups excluding carboxylic acids is 2. The smallest absolute Gasteiger partial charge is 0.417 e. The Labute approximate surface area is 89.6 Å². The molecule has 1 aliphatic heterocycles. The summed E-state index contributed by atoms with van der Waals surface area (Å²) < 4.78 is 5.11. The van der Waals surface area contributed by atoms with Gasteiger partial charge >= 0.3 is 6.09 Å². The topological polar surface area (TPSA) is 72.6 Å². The molecule has 0 radical (unpaired) electrons. The highest BCUT2D eigenvalue weighted by Crippen LogP contribution is 2.15. The predicted molar refractivity (Wildman–Crippen MR) is 55.2 cm³/mol. The van der Waals surface area contributed by atoms with Crippen LogP contribution in [0, 0.1) is 0 Å². The molecule has 0 spiro atoms. The van der Waals surface area contributed by atoms with E-state index in [1.165, 1.54) is 0 Å². The standard InChI is InChI=1S/C10H18N2O3/c1-10(2,3)15-9(14)12-5-4-7(11)6-8(12)13/h7H,4-6,11H2,1-3H3. The van der Waals surface area contributed by atoms with Crippen molar-refractivity contribution in [2.24, 2.45) is 5.73 Å². The molecule has 0 aromatic carbocycles. The number of hydrogen-bond acceptors (Lipinski definition) is 4. The fourth-order valence-electron chi connectivity index (χ4n) is 1.37. The molecule has 1 atom stereocenters. The van der Waals surface area contributed by atoms with Gasteiger partial charge in [-0.1, -0.05) is 0 Å².